The molecular weight excluding hydrogens is 339 g/mol. The first kappa shape index (κ1) is 15.2. The van der Waals surface area contributed by atoms with Crippen LogP contribution < -0.4 is 10.9 Å². The van der Waals surface area contributed by atoms with E-state index in [1.54, 1.807) is 0 Å². The fourth-order valence-corrected chi connectivity index (χ4v) is 2.12. The van der Waals surface area contributed by atoms with Crippen LogP contribution in [0.1, 0.15) is 15.9 Å². The van der Waals surface area contributed by atoms with Crippen molar-refractivity contribution >= 4 is 27.7 Å². The van der Waals surface area contributed by atoms with Gasteiger partial charge in [-0.3, -0.25) is 20.4 Å². The molecule has 0 bridgehead atoms. The lowest BCUT2D eigenvalue weighted by Crippen LogP contribution is -2.42. The van der Waals surface area contributed by atoms with Gasteiger partial charge in [-0.25, -0.2) is 4.39 Å². The highest BCUT2D eigenvalue weighted by atomic mass is 79.9. The Balaban J connectivity index is 1.92. The largest absolute Gasteiger partial charge is 0.273 e. The van der Waals surface area contributed by atoms with E-state index >= 15 is 0 Å². The van der Waals surface area contributed by atoms with Gasteiger partial charge in [-0.1, -0.05) is 30.3 Å². The summed E-state index contributed by atoms with van der Waals surface area (Å²) in [7, 11) is 0. The zero-order valence-corrected chi connectivity index (χ0v) is 12.5. The number of carbonyl (C=O) groups is 2. The van der Waals surface area contributed by atoms with Crippen LogP contribution >= 0.6 is 15.9 Å². The molecule has 2 aromatic rings. The highest BCUT2D eigenvalue weighted by Crippen LogP contribution is 2.17. The number of carbonyl (C=O) groups excluding carboxylic acids is 2. The van der Waals surface area contributed by atoms with Gasteiger partial charge in [-0.15, -0.1) is 0 Å². The first-order chi connectivity index (χ1) is 10.1. The van der Waals surface area contributed by atoms with Crippen molar-refractivity contribution in [3.8, 4) is 0 Å². The second-order valence-corrected chi connectivity index (χ2v) is 5.14. The van der Waals surface area contributed by atoms with E-state index in [0.717, 1.165) is 11.6 Å². The summed E-state index contributed by atoms with van der Waals surface area (Å²) in [5.41, 5.74) is 5.48. The summed E-state index contributed by atoms with van der Waals surface area (Å²) in [4.78, 5) is 23.5. The molecular formula is C15H12BrFN2O2. The first-order valence-electron chi connectivity index (χ1n) is 6.14. The van der Waals surface area contributed by atoms with Crippen LogP contribution in [-0.4, -0.2) is 11.8 Å². The first-order valence-corrected chi connectivity index (χ1v) is 6.94. The Morgan fingerprint density at radius 1 is 1.05 bits per heavy atom. The summed E-state index contributed by atoms with van der Waals surface area (Å²) < 4.78 is 13.5. The minimum Gasteiger partial charge on any atom is -0.273 e. The van der Waals surface area contributed by atoms with Gasteiger partial charge in [0, 0.05) is 4.47 Å². The molecule has 6 heteroatoms. The van der Waals surface area contributed by atoms with Gasteiger partial charge in [-0.2, -0.15) is 0 Å². The minimum atomic E-state index is -0.595. The predicted molar refractivity (Wildman–Crippen MR) is 79.9 cm³/mol. The number of halogens is 2. The lowest BCUT2D eigenvalue weighted by molar-refractivity contribution is -0.121. The van der Waals surface area contributed by atoms with Crippen LogP contribution in [0.25, 0.3) is 0 Å². The van der Waals surface area contributed by atoms with Crippen LogP contribution in [0, 0.1) is 5.82 Å². The van der Waals surface area contributed by atoms with Gasteiger partial charge >= 0.3 is 0 Å². The average molecular weight is 351 g/mol. The minimum absolute atomic E-state index is 0.106. The van der Waals surface area contributed by atoms with Crippen molar-refractivity contribution in [3.05, 3.63) is 69.9 Å². The van der Waals surface area contributed by atoms with Gasteiger partial charge in [-0.05, 0) is 39.7 Å². The molecule has 0 radical (unpaired) electrons. The summed E-state index contributed by atoms with van der Waals surface area (Å²) >= 11 is 3.15. The lowest BCUT2D eigenvalue weighted by atomic mass is 10.1. The number of hydrogen-bond donors (Lipinski definition) is 2. The Morgan fingerprint density at radius 3 is 2.48 bits per heavy atom. The van der Waals surface area contributed by atoms with E-state index in [1.807, 2.05) is 30.3 Å². The molecule has 0 atom stereocenters. The molecule has 0 aromatic heterocycles. The van der Waals surface area contributed by atoms with Crippen molar-refractivity contribution in [2.24, 2.45) is 0 Å². The van der Waals surface area contributed by atoms with Crippen LogP contribution in [0.2, 0.25) is 0 Å². The maximum absolute atomic E-state index is 13.1. The van der Waals surface area contributed by atoms with E-state index in [4.69, 9.17) is 0 Å². The third kappa shape index (κ3) is 4.39. The maximum atomic E-state index is 13.1. The summed E-state index contributed by atoms with van der Waals surface area (Å²) in [6.45, 7) is 0. The van der Waals surface area contributed by atoms with Crippen LogP contribution in [0.15, 0.2) is 53.0 Å². The average Bonchev–Trinajstić information content (AvgIpc) is 2.48. The highest BCUT2D eigenvalue weighted by Gasteiger charge is 2.12. The second-order valence-electron chi connectivity index (χ2n) is 4.29. The predicted octanol–water partition coefficient (Wildman–Crippen LogP) is 2.59. The maximum Gasteiger partial charge on any atom is 0.270 e. The molecule has 0 aliphatic rings. The molecule has 0 spiro atoms. The van der Waals surface area contributed by atoms with Gasteiger partial charge in [0.2, 0.25) is 5.91 Å². The third-order valence-corrected chi connectivity index (χ3v) is 3.39. The molecule has 2 aromatic carbocycles. The summed E-state index contributed by atoms with van der Waals surface area (Å²) in [6.07, 6.45) is 0.144. The molecule has 108 valence electrons. The van der Waals surface area contributed by atoms with Crippen LogP contribution in [0.5, 0.6) is 0 Å². The van der Waals surface area contributed by atoms with E-state index in [2.05, 4.69) is 26.8 Å². The second kappa shape index (κ2) is 6.99. The number of nitrogens with one attached hydrogen (secondary N) is 2. The monoisotopic (exact) mass is 350 g/mol. The smallest absolute Gasteiger partial charge is 0.270 e. The van der Waals surface area contributed by atoms with Crippen LogP contribution in [-0.2, 0) is 11.2 Å². The molecule has 0 saturated heterocycles. The Labute approximate surface area is 129 Å². The number of rotatable bonds is 3. The van der Waals surface area contributed by atoms with E-state index in [-0.39, 0.29) is 17.9 Å². The van der Waals surface area contributed by atoms with Gasteiger partial charge in [0.15, 0.2) is 0 Å². The molecule has 2 N–H and O–H groups in total. The Bertz CT molecular complexity index is 662. The topological polar surface area (TPSA) is 58.2 Å². The third-order valence-electron chi connectivity index (χ3n) is 2.70. The summed E-state index contributed by atoms with van der Waals surface area (Å²) in [5.74, 6) is -1.48. The molecule has 2 rings (SSSR count). The fourth-order valence-electron chi connectivity index (χ4n) is 1.69. The van der Waals surface area contributed by atoms with E-state index in [1.165, 1.54) is 12.1 Å². The quantitative estimate of drug-likeness (QED) is 0.836. The Kier molecular flexibility index (Phi) is 5.05. The number of benzene rings is 2. The van der Waals surface area contributed by atoms with Crippen molar-refractivity contribution in [3.63, 3.8) is 0 Å². The molecule has 0 saturated carbocycles. The van der Waals surface area contributed by atoms with Gasteiger partial charge in [0.1, 0.15) is 5.82 Å². The Morgan fingerprint density at radius 2 is 1.76 bits per heavy atom. The molecule has 2 amide bonds. The molecule has 0 fully saturated rings. The molecule has 4 nitrogen and oxygen atoms in total. The van der Waals surface area contributed by atoms with Crippen molar-refractivity contribution in [2.75, 3.05) is 0 Å². The van der Waals surface area contributed by atoms with Gasteiger partial charge in [0.25, 0.3) is 5.91 Å². The normalized spacial score (nSPS) is 10.0. The highest BCUT2D eigenvalue weighted by molar-refractivity contribution is 9.10. The Hall–Kier alpha value is -2.21. The standard InChI is InChI=1S/C15H12BrFN2O2/c16-13-7-6-11(17)9-12(13)15(21)19-18-14(20)8-10-4-2-1-3-5-10/h1-7,9H,8H2,(H,18,20)(H,19,21). The lowest BCUT2D eigenvalue weighted by Gasteiger charge is -2.08. The zero-order chi connectivity index (χ0) is 15.2. The fraction of sp³-hybridized carbons (Fsp3) is 0.0667. The SMILES string of the molecule is O=C(Cc1ccccc1)NNC(=O)c1cc(F)ccc1Br. The van der Waals surface area contributed by atoms with Crippen LogP contribution in [0.3, 0.4) is 0 Å². The van der Waals surface area contributed by atoms with E-state index in [9.17, 15) is 14.0 Å². The van der Waals surface area contributed by atoms with Gasteiger partial charge in [0.05, 0.1) is 12.0 Å². The molecule has 0 aliphatic heterocycles. The van der Waals surface area contributed by atoms with Crippen LogP contribution in [0.4, 0.5) is 4.39 Å². The molecule has 21 heavy (non-hydrogen) atoms. The van der Waals surface area contributed by atoms with Crippen molar-refractivity contribution in [1.82, 2.24) is 10.9 Å². The molecule has 0 heterocycles. The van der Waals surface area contributed by atoms with E-state index < -0.39 is 11.7 Å². The number of hydrazine groups is 1. The van der Waals surface area contributed by atoms with Crippen molar-refractivity contribution < 1.29 is 14.0 Å². The molecule has 0 aliphatic carbocycles. The van der Waals surface area contributed by atoms with E-state index in [0.29, 0.717) is 4.47 Å². The van der Waals surface area contributed by atoms with Gasteiger partial charge < -0.3 is 0 Å². The summed E-state index contributed by atoms with van der Waals surface area (Å²) in [5, 5.41) is 0. The number of hydrogen-bond acceptors (Lipinski definition) is 2. The van der Waals surface area contributed by atoms with Crippen molar-refractivity contribution in [1.29, 1.82) is 0 Å². The number of amides is 2. The zero-order valence-electron chi connectivity index (χ0n) is 10.9. The summed E-state index contributed by atoms with van der Waals surface area (Å²) in [6, 6.07) is 12.9. The van der Waals surface area contributed by atoms with Crippen molar-refractivity contribution in [2.45, 2.75) is 6.42 Å². The molecule has 0 unspecified atom stereocenters.